The molecule has 0 saturated carbocycles. The van der Waals surface area contributed by atoms with E-state index in [2.05, 4.69) is 29.8 Å². The van der Waals surface area contributed by atoms with Gasteiger partial charge in [0.1, 0.15) is 5.75 Å². The molecular weight excluding hydrogens is 266 g/mol. The fourth-order valence-corrected chi connectivity index (χ4v) is 2.14. The molecule has 0 bridgehead atoms. The first-order chi connectivity index (χ1) is 7.54. The van der Waals surface area contributed by atoms with Crippen molar-refractivity contribution in [2.45, 2.75) is 32.7 Å². The summed E-state index contributed by atoms with van der Waals surface area (Å²) in [4.78, 5) is 0. The number of methoxy groups -OCH3 is 1. The van der Waals surface area contributed by atoms with Crippen LogP contribution in [0.2, 0.25) is 0 Å². The number of halogens is 1. The van der Waals surface area contributed by atoms with Gasteiger partial charge in [-0.25, -0.2) is 0 Å². The molecule has 0 aliphatic carbocycles. The zero-order valence-electron chi connectivity index (χ0n) is 10.2. The monoisotopic (exact) mass is 285 g/mol. The lowest BCUT2D eigenvalue weighted by molar-refractivity contribution is 0.413. The highest BCUT2D eigenvalue weighted by atomic mass is 79.9. The molecule has 90 valence electrons. The lowest BCUT2D eigenvalue weighted by atomic mass is 9.98. The molecule has 0 amide bonds. The van der Waals surface area contributed by atoms with Gasteiger partial charge in [-0.05, 0) is 42.5 Å². The Bertz CT molecular complexity index is 339. The fourth-order valence-electron chi connectivity index (χ4n) is 1.60. The molecule has 0 aromatic heterocycles. The van der Waals surface area contributed by atoms with Crippen molar-refractivity contribution in [1.82, 2.24) is 0 Å². The third-order valence-corrected chi connectivity index (χ3v) is 3.38. The molecule has 1 atom stereocenters. The largest absolute Gasteiger partial charge is 0.497 e. The lowest BCUT2D eigenvalue weighted by Gasteiger charge is -2.16. The summed E-state index contributed by atoms with van der Waals surface area (Å²) in [5.74, 6) is 1.55. The van der Waals surface area contributed by atoms with Crippen LogP contribution in [0, 0.1) is 5.92 Å². The Hall–Kier alpha value is -0.540. The number of rotatable bonds is 5. The molecule has 3 heteroatoms. The van der Waals surface area contributed by atoms with Gasteiger partial charge in [0.05, 0.1) is 7.11 Å². The molecule has 1 aromatic carbocycles. The van der Waals surface area contributed by atoms with Crippen LogP contribution in [0.25, 0.3) is 0 Å². The van der Waals surface area contributed by atoms with Crippen LogP contribution in [0.3, 0.4) is 0 Å². The molecule has 0 aliphatic rings. The van der Waals surface area contributed by atoms with Gasteiger partial charge >= 0.3 is 0 Å². The predicted octanol–water partition coefficient (Wildman–Crippen LogP) is 3.89. The zero-order chi connectivity index (χ0) is 12.1. The summed E-state index contributed by atoms with van der Waals surface area (Å²) in [6.07, 6.45) is 2.15. The average Bonchev–Trinajstić information content (AvgIpc) is 2.26. The van der Waals surface area contributed by atoms with Crippen molar-refractivity contribution < 1.29 is 4.74 Å². The number of hydrogen-bond donors (Lipinski definition) is 1. The van der Waals surface area contributed by atoms with E-state index in [1.807, 2.05) is 18.2 Å². The van der Waals surface area contributed by atoms with Crippen molar-refractivity contribution in [2.75, 3.05) is 7.11 Å². The zero-order valence-corrected chi connectivity index (χ0v) is 11.8. The maximum atomic E-state index is 6.18. The van der Waals surface area contributed by atoms with E-state index in [0.717, 1.165) is 28.6 Å². The van der Waals surface area contributed by atoms with Crippen molar-refractivity contribution >= 4 is 15.9 Å². The van der Waals surface area contributed by atoms with Crippen LogP contribution in [0.15, 0.2) is 22.7 Å². The summed E-state index contributed by atoms with van der Waals surface area (Å²) >= 11 is 3.53. The van der Waals surface area contributed by atoms with Crippen molar-refractivity contribution in [3.8, 4) is 5.75 Å². The fraction of sp³-hybridized carbons (Fsp3) is 0.538. The van der Waals surface area contributed by atoms with Crippen LogP contribution in [-0.4, -0.2) is 7.11 Å². The molecule has 2 nitrogen and oxygen atoms in total. The second-order valence-corrected chi connectivity index (χ2v) is 5.32. The molecule has 1 rings (SSSR count). The third-order valence-electron chi connectivity index (χ3n) is 2.66. The summed E-state index contributed by atoms with van der Waals surface area (Å²) in [6.45, 7) is 4.43. The molecule has 2 N–H and O–H groups in total. The summed E-state index contributed by atoms with van der Waals surface area (Å²) in [5.41, 5.74) is 7.31. The molecule has 1 unspecified atom stereocenters. The Morgan fingerprint density at radius 1 is 1.31 bits per heavy atom. The summed E-state index contributed by atoms with van der Waals surface area (Å²) in [7, 11) is 1.67. The quantitative estimate of drug-likeness (QED) is 0.891. The van der Waals surface area contributed by atoms with E-state index >= 15 is 0 Å². The van der Waals surface area contributed by atoms with E-state index in [4.69, 9.17) is 10.5 Å². The van der Waals surface area contributed by atoms with Crippen LogP contribution in [0.4, 0.5) is 0 Å². The predicted molar refractivity (Wildman–Crippen MR) is 71.7 cm³/mol. The SMILES string of the molecule is COc1ccc(Br)c(C(N)CCC(C)C)c1. The first kappa shape index (κ1) is 13.5. The lowest BCUT2D eigenvalue weighted by Crippen LogP contribution is -2.12. The molecule has 16 heavy (non-hydrogen) atoms. The number of benzene rings is 1. The minimum absolute atomic E-state index is 0.0758. The van der Waals surface area contributed by atoms with Crippen molar-refractivity contribution in [2.24, 2.45) is 11.7 Å². The first-order valence-electron chi connectivity index (χ1n) is 5.63. The van der Waals surface area contributed by atoms with Crippen LogP contribution in [-0.2, 0) is 0 Å². The van der Waals surface area contributed by atoms with E-state index < -0.39 is 0 Å². The highest BCUT2D eigenvalue weighted by Crippen LogP contribution is 2.29. The maximum absolute atomic E-state index is 6.18. The van der Waals surface area contributed by atoms with Crippen LogP contribution < -0.4 is 10.5 Å². The average molecular weight is 286 g/mol. The Morgan fingerprint density at radius 3 is 2.56 bits per heavy atom. The highest BCUT2D eigenvalue weighted by molar-refractivity contribution is 9.10. The summed E-state index contributed by atoms with van der Waals surface area (Å²) in [5, 5.41) is 0. The van der Waals surface area contributed by atoms with Crippen molar-refractivity contribution in [3.63, 3.8) is 0 Å². The van der Waals surface area contributed by atoms with Gasteiger partial charge in [-0.3, -0.25) is 0 Å². The van der Waals surface area contributed by atoms with Gasteiger partial charge in [0.25, 0.3) is 0 Å². The first-order valence-corrected chi connectivity index (χ1v) is 6.43. The van der Waals surface area contributed by atoms with Crippen molar-refractivity contribution in [3.05, 3.63) is 28.2 Å². The van der Waals surface area contributed by atoms with Crippen LogP contribution >= 0.6 is 15.9 Å². The molecule has 1 aromatic rings. The van der Waals surface area contributed by atoms with E-state index in [-0.39, 0.29) is 6.04 Å². The molecule has 0 fully saturated rings. The van der Waals surface area contributed by atoms with Gasteiger partial charge in [0.2, 0.25) is 0 Å². The van der Waals surface area contributed by atoms with Crippen LogP contribution in [0.1, 0.15) is 38.3 Å². The van der Waals surface area contributed by atoms with Gasteiger partial charge in [0.15, 0.2) is 0 Å². The van der Waals surface area contributed by atoms with Gasteiger partial charge < -0.3 is 10.5 Å². The van der Waals surface area contributed by atoms with Crippen molar-refractivity contribution in [1.29, 1.82) is 0 Å². The highest BCUT2D eigenvalue weighted by Gasteiger charge is 2.11. The summed E-state index contributed by atoms with van der Waals surface area (Å²) < 4.78 is 6.27. The summed E-state index contributed by atoms with van der Waals surface area (Å²) in [6, 6.07) is 6.01. The maximum Gasteiger partial charge on any atom is 0.119 e. The molecule has 0 radical (unpaired) electrons. The minimum atomic E-state index is 0.0758. The third kappa shape index (κ3) is 3.80. The Kier molecular flexibility index (Phi) is 5.29. The molecule has 0 heterocycles. The second-order valence-electron chi connectivity index (χ2n) is 4.47. The number of nitrogens with two attached hydrogens (primary N) is 1. The smallest absolute Gasteiger partial charge is 0.119 e. The van der Waals surface area contributed by atoms with Gasteiger partial charge in [-0.2, -0.15) is 0 Å². The van der Waals surface area contributed by atoms with E-state index in [1.54, 1.807) is 7.11 Å². The second kappa shape index (κ2) is 6.26. The Labute approximate surface area is 106 Å². The van der Waals surface area contributed by atoms with Gasteiger partial charge in [-0.1, -0.05) is 29.8 Å². The topological polar surface area (TPSA) is 35.2 Å². The Balaban J connectivity index is 2.76. The van der Waals surface area contributed by atoms with Gasteiger partial charge in [0, 0.05) is 10.5 Å². The Morgan fingerprint density at radius 2 is 2.00 bits per heavy atom. The number of hydrogen-bond acceptors (Lipinski definition) is 2. The van der Waals surface area contributed by atoms with Gasteiger partial charge in [-0.15, -0.1) is 0 Å². The minimum Gasteiger partial charge on any atom is -0.497 e. The standard InChI is InChI=1S/C13H20BrNO/c1-9(2)4-7-13(15)11-8-10(16-3)5-6-12(11)14/h5-6,8-9,13H,4,7,15H2,1-3H3. The number of ether oxygens (including phenoxy) is 1. The molecule has 0 saturated heterocycles. The molecule has 0 spiro atoms. The molecule has 0 aliphatic heterocycles. The van der Waals surface area contributed by atoms with E-state index in [0.29, 0.717) is 5.92 Å². The molecular formula is C13H20BrNO. The van der Waals surface area contributed by atoms with Crippen LogP contribution in [0.5, 0.6) is 5.75 Å². The van der Waals surface area contributed by atoms with E-state index in [9.17, 15) is 0 Å². The normalized spacial score (nSPS) is 12.9. The van der Waals surface area contributed by atoms with E-state index in [1.165, 1.54) is 0 Å².